The Morgan fingerprint density at radius 1 is 1.00 bits per heavy atom. The summed E-state index contributed by atoms with van der Waals surface area (Å²) in [7, 11) is 0. The van der Waals surface area contributed by atoms with Crippen LogP contribution in [0, 0.1) is 6.92 Å². The normalized spacial score (nSPS) is 11.5. The fraction of sp³-hybridized carbons (Fsp3) is 0.190. The van der Waals surface area contributed by atoms with E-state index in [0.717, 1.165) is 44.8 Å². The summed E-state index contributed by atoms with van der Waals surface area (Å²) in [4.78, 5) is 4.58. The second-order valence-electron chi connectivity index (χ2n) is 7.00. The minimum absolute atomic E-state index is 0.0617. The first-order chi connectivity index (χ1) is 14.2. The van der Waals surface area contributed by atoms with Crippen LogP contribution in [0.5, 0.6) is 0 Å². The topological polar surface area (TPSA) is 94.0 Å². The predicted octanol–water partition coefficient (Wildman–Crippen LogP) is 2.43. The first-order valence-electron chi connectivity index (χ1n) is 9.40. The summed E-state index contributed by atoms with van der Waals surface area (Å²) in [5, 5.41) is 27.4. The van der Waals surface area contributed by atoms with Crippen molar-refractivity contribution in [2.24, 2.45) is 0 Å². The Bertz CT molecular complexity index is 1320. The number of rotatable bonds is 5. The van der Waals surface area contributed by atoms with Gasteiger partial charge in [0.15, 0.2) is 11.5 Å². The van der Waals surface area contributed by atoms with Crippen LogP contribution in [0.15, 0.2) is 55.0 Å². The highest BCUT2D eigenvalue weighted by Gasteiger charge is 2.10. The van der Waals surface area contributed by atoms with Crippen LogP contribution in [0.25, 0.3) is 27.7 Å². The summed E-state index contributed by atoms with van der Waals surface area (Å²) < 4.78 is 3.52. The van der Waals surface area contributed by atoms with Crippen LogP contribution in [0.1, 0.15) is 17.1 Å². The molecule has 1 aromatic carbocycles. The molecule has 0 spiro atoms. The van der Waals surface area contributed by atoms with Gasteiger partial charge in [-0.05, 0) is 42.8 Å². The second-order valence-corrected chi connectivity index (χ2v) is 7.00. The molecule has 8 heteroatoms. The maximum absolute atomic E-state index is 9.07. The molecule has 4 aromatic heterocycles. The molecule has 0 aliphatic heterocycles. The van der Waals surface area contributed by atoms with E-state index in [4.69, 9.17) is 5.11 Å². The number of hydrogen-bond donors (Lipinski definition) is 1. The van der Waals surface area contributed by atoms with Gasteiger partial charge >= 0.3 is 0 Å². The predicted molar refractivity (Wildman–Crippen MR) is 108 cm³/mol. The minimum Gasteiger partial charge on any atom is -0.394 e. The summed E-state index contributed by atoms with van der Waals surface area (Å²) in [6.45, 7) is 2.49. The molecule has 0 unspecified atom stereocenters. The van der Waals surface area contributed by atoms with Crippen LogP contribution in [0.2, 0.25) is 0 Å². The maximum Gasteiger partial charge on any atom is 0.177 e. The number of aliphatic hydroxyl groups excluding tert-OH is 1. The Kier molecular flexibility index (Phi) is 4.25. The Hall–Kier alpha value is -3.65. The highest BCUT2D eigenvalue weighted by molar-refractivity contribution is 5.84. The smallest absolute Gasteiger partial charge is 0.177 e. The third-order valence-electron chi connectivity index (χ3n) is 4.86. The van der Waals surface area contributed by atoms with E-state index in [9.17, 15) is 0 Å². The van der Waals surface area contributed by atoms with Gasteiger partial charge in [-0.25, -0.2) is 0 Å². The molecular formula is C21H19N7O. The Balaban J connectivity index is 1.49. The van der Waals surface area contributed by atoms with E-state index < -0.39 is 0 Å². The van der Waals surface area contributed by atoms with Crippen molar-refractivity contribution in [3.05, 3.63) is 72.1 Å². The number of benzene rings is 1. The Morgan fingerprint density at radius 2 is 1.93 bits per heavy atom. The van der Waals surface area contributed by atoms with Crippen molar-refractivity contribution >= 4 is 16.6 Å². The van der Waals surface area contributed by atoms with Gasteiger partial charge in [0.25, 0.3) is 0 Å². The van der Waals surface area contributed by atoms with Crippen molar-refractivity contribution < 1.29 is 5.11 Å². The number of fused-ring (bicyclic) bond motifs is 2. The second kappa shape index (κ2) is 7.06. The number of aromatic nitrogens is 7. The molecule has 0 aliphatic carbocycles. The van der Waals surface area contributed by atoms with E-state index >= 15 is 0 Å². The van der Waals surface area contributed by atoms with Crippen LogP contribution in [-0.2, 0) is 13.0 Å². The van der Waals surface area contributed by atoms with Crippen LogP contribution in [0.4, 0.5) is 0 Å². The van der Waals surface area contributed by atoms with Crippen LogP contribution >= 0.6 is 0 Å². The van der Waals surface area contributed by atoms with E-state index in [1.807, 2.05) is 37.5 Å². The molecule has 0 aliphatic rings. The van der Waals surface area contributed by atoms with Gasteiger partial charge in [-0.15, -0.1) is 10.2 Å². The summed E-state index contributed by atoms with van der Waals surface area (Å²) in [5.41, 5.74) is 5.68. The summed E-state index contributed by atoms with van der Waals surface area (Å²) >= 11 is 0. The van der Waals surface area contributed by atoms with Gasteiger partial charge < -0.3 is 5.11 Å². The van der Waals surface area contributed by atoms with E-state index in [2.05, 4.69) is 43.6 Å². The van der Waals surface area contributed by atoms with Crippen LogP contribution in [-0.4, -0.2) is 46.3 Å². The monoisotopic (exact) mass is 385 g/mol. The molecule has 0 radical (unpaired) electrons. The molecule has 0 fully saturated rings. The average molecular weight is 385 g/mol. The van der Waals surface area contributed by atoms with Gasteiger partial charge in [-0.1, -0.05) is 6.07 Å². The molecule has 0 atom stereocenters. The molecule has 0 saturated carbocycles. The van der Waals surface area contributed by atoms with Crippen molar-refractivity contribution in [3.63, 3.8) is 0 Å². The van der Waals surface area contributed by atoms with E-state index in [1.165, 1.54) is 0 Å². The van der Waals surface area contributed by atoms with Gasteiger partial charge in [0, 0.05) is 35.3 Å². The Labute approximate surface area is 166 Å². The lowest BCUT2D eigenvalue weighted by atomic mass is 10.0. The number of nitrogens with zero attached hydrogens (tertiary/aromatic N) is 7. The molecule has 1 N–H and O–H groups in total. The van der Waals surface area contributed by atoms with Gasteiger partial charge in [0.05, 0.1) is 30.6 Å². The molecule has 0 saturated heterocycles. The van der Waals surface area contributed by atoms with E-state index in [1.54, 1.807) is 15.4 Å². The standard InChI is InChI=1S/C21H19N7O/c1-14-2-5-20-24-25-21(28(20)26-14)9-15-3-4-19-16(8-15)10-17(11-22-19)18-12-23-27(13-18)6-7-29/h2-5,8,10-13,29H,6-7,9H2,1H3. The number of pyridine rings is 1. The molecule has 144 valence electrons. The van der Waals surface area contributed by atoms with Crippen molar-refractivity contribution in [2.45, 2.75) is 19.9 Å². The third kappa shape index (κ3) is 3.34. The highest BCUT2D eigenvalue weighted by Crippen LogP contribution is 2.24. The zero-order valence-electron chi connectivity index (χ0n) is 15.9. The van der Waals surface area contributed by atoms with Gasteiger partial charge in [-0.3, -0.25) is 9.67 Å². The van der Waals surface area contributed by atoms with Crippen molar-refractivity contribution in [2.75, 3.05) is 6.61 Å². The third-order valence-corrected chi connectivity index (χ3v) is 4.86. The van der Waals surface area contributed by atoms with Crippen LogP contribution < -0.4 is 0 Å². The average Bonchev–Trinajstić information content (AvgIpc) is 3.35. The maximum atomic E-state index is 9.07. The largest absolute Gasteiger partial charge is 0.394 e. The molecule has 5 aromatic rings. The SMILES string of the molecule is Cc1ccc2nnc(Cc3ccc4ncc(-c5cnn(CCO)c5)cc4c3)n2n1. The molecular weight excluding hydrogens is 366 g/mol. The number of aryl methyl sites for hydroxylation is 1. The Morgan fingerprint density at radius 3 is 2.83 bits per heavy atom. The molecule has 29 heavy (non-hydrogen) atoms. The van der Waals surface area contributed by atoms with Crippen molar-refractivity contribution in [3.8, 4) is 11.1 Å². The van der Waals surface area contributed by atoms with Gasteiger partial charge in [0.1, 0.15) is 0 Å². The van der Waals surface area contributed by atoms with Gasteiger partial charge in [-0.2, -0.15) is 14.7 Å². The minimum atomic E-state index is 0.0617. The lowest BCUT2D eigenvalue weighted by molar-refractivity contribution is 0.269. The molecule has 4 heterocycles. The molecule has 0 bridgehead atoms. The number of aliphatic hydroxyl groups is 1. The first-order valence-corrected chi connectivity index (χ1v) is 9.40. The molecule has 8 nitrogen and oxygen atoms in total. The zero-order valence-corrected chi connectivity index (χ0v) is 15.9. The van der Waals surface area contributed by atoms with Gasteiger partial charge in [0.2, 0.25) is 0 Å². The van der Waals surface area contributed by atoms with Crippen molar-refractivity contribution in [1.82, 2.24) is 34.6 Å². The number of hydrogen-bond acceptors (Lipinski definition) is 6. The lowest BCUT2D eigenvalue weighted by Crippen LogP contribution is -2.01. The molecule has 5 rings (SSSR count). The summed E-state index contributed by atoms with van der Waals surface area (Å²) in [5.74, 6) is 0.803. The van der Waals surface area contributed by atoms with Crippen molar-refractivity contribution in [1.29, 1.82) is 0 Å². The zero-order chi connectivity index (χ0) is 19.8. The fourth-order valence-electron chi connectivity index (χ4n) is 3.40. The highest BCUT2D eigenvalue weighted by atomic mass is 16.3. The van der Waals surface area contributed by atoms with E-state index in [-0.39, 0.29) is 6.61 Å². The quantitative estimate of drug-likeness (QED) is 0.499. The lowest BCUT2D eigenvalue weighted by Gasteiger charge is -2.05. The van der Waals surface area contributed by atoms with Crippen LogP contribution in [0.3, 0.4) is 0 Å². The molecule has 0 amide bonds. The summed E-state index contributed by atoms with van der Waals surface area (Å²) in [6, 6.07) is 12.2. The first kappa shape index (κ1) is 17.4. The summed E-state index contributed by atoms with van der Waals surface area (Å²) in [6.07, 6.45) is 6.19. The fourth-order valence-corrected chi connectivity index (χ4v) is 3.40. The van der Waals surface area contributed by atoms with E-state index in [0.29, 0.717) is 13.0 Å².